The second kappa shape index (κ2) is 8.67. The minimum absolute atomic E-state index is 0.0701. The molecule has 1 aromatic carbocycles. The summed E-state index contributed by atoms with van der Waals surface area (Å²) in [7, 11) is 0. The van der Waals surface area contributed by atoms with Crippen molar-refractivity contribution in [2.45, 2.75) is 37.8 Å². The molecule has 0 aliphatic heterocycles. The molecule has 0 amide bonds. The first-order valence-corrected chi connectivity index (χ1v) is 9.18. The van der Waals surface area contributed by atoms with Crippen LogP contribution in [0, 0.1) is 5.82 Å². The molecular weight excluding hydrogens is 392 g/mol. The fourth-order valence-corrected chi connectivity index (χ4v) is 3.49. The molecule has 1 aromatic heterocycles. The molecule has 0 fully saturated rings. The van der Waals surface area contributed by atoms with E-state index >= 15 is 0 Å². The number of hydrogen-bond acceptors (Lipinski definition) is 4. The van der Waals surface area contributed by atoms with Crippen LogP contribution in [0.4, 0.5) is 23.2 Å². The van der Waals surface area contributed by atoms with Gasteiger partial charge in [-0.2, -0.15) is 13.2 Å². The number of carbonyl (C=O) groups is 1. The van der Waals surface area contributed by atoms with E-state index in [1.807, 2.05) is 0 Å². The number of nitrogens with one attached hydrogen (secondary N) is 1. The van der Waals surface area contributed by atoms with Gasteiger partial charge in [0.25, 0.3) is 0 Å². The van der Waals surface area contributed by atoms with Crippen LogP contribution >= 0.6 is 0 Å². The van der Waals surface area contributed by atoms with Gasteiger partial charge < -0.3 is 15.2 Å². The summed E-state index contributed by atoms with van der Waals surface area (Å²) in [6, 6.07) is 4.42. The Kier molecular flexibility index (Phi) is 6.24. The van der Waals surface area contributed by atoms with E-state index in [0.717, 1.165) is 12.0 Å². The Labute approximate surface area is 164 Å². The van der Waals surface area contributed by atoms with Crippen molar-refractivity contribution in [3.63, 3.8) is 0 Å². The maximum Gasteiger partial charge on any atom is 0.392 e. The van der Waals surface area contributed by atoms with Crippen LogP contribution < -0.4 is 10.1 Å². The number of alkyl halides is 3. The first-order chi connectivity index (χ1) is 13.8. The van der Waals surface area contributed by atoms with Gasteiger partial charge in [0.15, 0.2) is 11.6 Å². The number of pyridine rings is 1. The largest absolute Gasteiger partial charge is 0.490 e. The number of aromatic carboxylic acids is 1. The zero-order valence-corrected chi connectivity index (χ0v) is 15.4. The number of halogens is 4. The van der Waals surface area contributed by atoms with Gasteiger partial charge in [-0.25, -0.2) is 9.18 Å². The highest BCUT2D eigenvalue weighted by molar-refractivity contribution is 5.93. The molecule has 9 heteroatoms. The summed E-state index contributed by atoms with van der Waals surface area (Å²) in [5.74, 6) is -1.95. The van der Waals surface area contributed by atoms with Gasteiger partial charge in [0.05, 0.1) is 30.5 Å². The van der Waals surface area contributed by atoms with E-state index in [9.17, 15) is 27.5 Å². The quantitative estimate of drug-likeness (QED) is 0.641. The maximum atomic E-state index is 14.8. The molecule has 1 aliphatic carbocycles. The molecule has 0 saturated heterocycles. The van der Waals surface area contributed by atoms with Gasteiger partial charge in [0, 0.05) is 18.7 Å². The van der Waals surface area contributed by atoms with Gasteiger partial charge >= 0.3 is 12.1 Å². The SMILES string of the molecule is O=C(O)c1ccncc1NCC1CCCc2c1ccc(OCCC(F)(F)F)c2F. The monoisotopic (exact) mass is 412 g/mol. The highest BCUT2D eigenvalue weighted by atomic mass is 19.4. The van der Waals surface area contributed by atoms with Gasteiger partial charge in [-0.15, -0.1) is 0 Å². The number of fused-ring (bicyclic) bond motifs is 1. The molecule has 0 radical (unpaired) electrons. The van der Waals surface area contributed by atoms with Crippen molar-refractivity contribution in [3.05, 3.63) is 53.1 Å². The molecule has 2 N–H and O–H groups in total. The Balaban J connectivity index is 1.72. The highest BCUT2D eigenvalue weighted by Gasteiger charge is 2.28. The van der Waals surface area contributed by atoms with Crippen LogP contribution in [0.5, 0.6) is 5.75 Å². The standard InChI is InChI=1S/C20H20F4N2O3/c21-18-14-3-1-2-12(10-26-16-11-25-8-6-15(16)19(27)28)13(14)4-5-17(18)29-9-7-20(22,23)24/h4-6,8,11-12,26H,1-3,7,9-10H2,(H,27,28). The molecule has 0 spiro atoms. The minimum Gasteiger partial charge on any atom is -0.490 e. The second-order valence-corrected chi connectivity index (χ2v) is 6.86. The number of aromatic nitrogens is 1. The van der Waals surface area contributed by atoms with Gasteiger partial charge in [-0.3, -0.25) is 4.98 Å². The third-order valence-corrected chi connectivity index (χ3v) is 4.90. The average Bonchev–Trinajstić information content (AvgIpc) is 2.67. The Morgan fingerprint density at radius 3 is 2.83 bits per heavy atom. The number of rotatable bonds is 7. The molecular formula is C20H20F4N2O3. The van der Waals surface area contributed by atoms with Gasteiger partial charge in [-0.1, -0.05) is 6.07 Å². The van der Waals surface area contributed by atoms with E-state index < -0.39 is 31.0 Å². The van der Waals surface area contributed by atoms with E-state index in [1.165, 1.54) is 24.5 Å². The van der Waals surface area contributed by atoms with Crippen LogP contribution in [-0.2, 0) is 6.42 Å². The summed E-state index contributed by atoms with van der Waals surface area (Å²) < 4.78 is 56.6. The normalized spacial score (nSPS) is 16.2. The fraction of sp³-hybridized carbons (Fsp3) is 0.400. The number of anilines is 1. The predicted octanol–water partition coefficient (Wildman–Crippen LogP) is 4.78. The van der Waals surface area contributed by atoms with E-state index in [4.69, 9.17) is 4.74 Å². The van der Waals surface area contributed by atoms with Crippen molar-refractivity contribution in [1.82, 2.24) is 4.98 Å². The van der Waals surface area contributed by atoms with Crippen molar-refractivity contribution < 1.29 is 32.2 Å². The van der Waals surface area contributed by atoms with Crippen LogP contribution in [-0.4, -0.2) is 35.4 Å². The van der Waals surface area contributed by atoms with Crippen LogP contribution in [0.1, 0.15) is 46.7 Å². The van der Waals surface area contributed by atoms with E-state index in [-0.39, 0.29) is 17.2 Å². The van der Waals surface area contributed by atoms with Crippen LogP contribution in [0.3, 0.4) is 0 Å². The highest BCUT2D eigenvalue weighted by Crippen LogP contribution is 2.37. The molecule has 156 valence electrons. The third kappa shape index (κ3) is 5.16. The van der Waals surface area contributed by atoms with Crippen molar-refractivity contribution in [1.29, 1.82) is 0 Å². The molecule has 1 heterocycles. The number of carboxylic acids is 1. The Morgan fingerprint density at radius 2 is 2.10 bits per heavy atom. The molecule has 1 unspecified atom stereocenters. The Hall–Kier alpha value is -2.84. The first kappa shape index (κ1) is 20.9. The van der Waals surface area contributed by atoms with Crippen molar-refractivity contribution in [3.8, 4) is 5.75 Å². The smallest absolute Gasteiger partial charge is 0.392 e. The second-order valence-electron chi connectivity index (χ2n) is 6.86. The lowest BCUT2D eigenvalue weighted by molar-refractivity contribution is -0.139. The predicted molar refractivity (Wildman–Crippen MR) is 97.9 cm³/mol. The average molecular weight is 412 g/mol. The topological polar surface area (TPSA) is 71.5 Å². The molecule has 3 rings (SSSR count). The maximum absolute atomic E-state index is 14.8. The van der Waals surface area contributed by atoms with Crippen molar-refractivity contribution >= 4 is 11.7 Å². The van der Waals surface area contributed by atoms with Gasteiger partial charge in [0.1, 0.15) is 0 Å². The summed E-state index contributed by atoms with van der Waals surface area (Å²) in [5, 5.41) is 12.3. The number of hydrogen-bond donors (Lipinski definition) is 2. The van der Waals surface area contributed by atoms with Gasteiger partial charge in [0.2, 0.25) is 0 Å². The summed E-state index contributed by atoms with van der Waals surface area (Å²) >= 11 is 0. The molecule has 0 bridgehead atoms. The molecule has 5 nitrogen and oxygen atoms in total. The third-order valence-electron chi connectivity index (χ3n) is 4.90. The van der Waals surface area contributed by atoms with Crippen LogP contribution in [0.2, 0.25) is 0 Å². The Bertz CT molecular complexity index is 887. The number of benzene rings is 1. The first-order valence-electron chi connectivity index (χ1n) is 9.18. The number of carboxylic acid groups (broad SMARTS) is 1. The summed E-state index contributed by atoms with van der Waals surface area (Å²) in [6.07, 6.45) is -0.736. The summed E-state index contributed by atoms with van der Waals surface area (Å²) in [5.41, 5.74) is 1.66. The molecule has 0 saturated carbocycles. The lowest BCUT2D eigenvalue weighted by Crippen LogP contribution is -2.20. The van der Waals surface area contributed by atoms with Crippen LogP contribution in [0.25, 0.3) is 0 Å². The zero-order valence-electron chi connectivity index (χ0n) is 15.4. The van der Waals surface area contributed by atoms with E-state index in [1.54, 1.807) is 6.07 Å². The van der Waals surface area contributed by atoms with Gasteiger partial charge in [-0.05, 0) is 42.5 Å². The lowest BCUT2D eigenvalue weighted by atomic mass is 9.82. The molecule has 2 aromatic rings. The summed E-state index contributed by atoms with van der Waals surface area (Å²) in [4.78, 5) is 15.2. The van der Waals surface area contributed by atoms with Crippen molar-refractivity contribution in [2.24, 2.45) is 0 Å². The molecule has 29 heavy (non-hydrogen) atoms. The summed E-state index contributed by atoms with van der Waals surface area (Å²) in [6.45, 7) is -0.254. The number of ether oxygens (including phenoxy) is 1. The fourth-order valence-electron chi connectivity index (χ4n) is 3.49. The molecule has 1 atom stereocenters. The minimum atomic E-state index is -4.36. The zero-order chi connectivity index (χ0) is 21.0. The lowest BCUT2D eigenvalue weighted by Gasteiger charge is -2.27. The van der Waals surface area contributed by atoms with Crippen molar-refractivity contribution in [2.75, 3.05) is 18.5 Å². The Morgan fingerprint density at radius 1 is 1.31 bits per heavy atom. The van der Waals surface area contributed by atoms with Crippen LogP contribution in [0.15, 0.2) is 30.6 Å². The van der Waals surface area contributed by atoms with E-state index in [2.05, 4.69) is 10.3 Å². The number of nitrogens with zero attached hydrogens (tertiary/aromatic N) is 1. The molecule has 1 aliphatic rings. The van der Waals surface area contributed by atoms with E-state index in [0.29, 0.717) is 30.6 Å².